The van der Waals surface area contributed by atoms with Gasteiger partial charge in [0.25, 0.3) is 0 Å². The van der Waals surface area contributed by atoms with E-state index in [-0.39, 0.29) is 28.4 Å². The fourth-order valence-corrected chi connectivity index (χ4v) is 4.54. The molecular formula is C32H21ClN2O6. The second-order valence-corrected chi connectivity index (χ2v) is 9.38. The number of pyridine rings is 2. The molecule has 202 valence electrons. The van der Waals surface area contributed by atoms with Crippen LogP contribution in [-0.4, -0.2) is 42.3 Å². The fraction of sp³-hybridized carbons (Fsp3) is 0. The number of carboxylic acids is 2. The van der Waals surface area contributed by atoms with Gasteiger partial charge in [-0.15, -0.1) is 0 Å². The van der Waals surface area contributed by atoms with E-state index in [1.165, 1.54) is 24.3 Å². The number of nitrogens with zero attached hydrogens (tertiary/aromatic N) is 2. The Labute approximate surface area is 238 Å². The zero-order valence-electron chi connectivity index (χ0n) is 21.2. The summed E-state index contributed by atoms with van der Waals surface area (Å²) in [6, 6.07) is 29.5. The smallest absolute Gasteiger partial charge is 0.354 e. The van der Waals surface area contributed by atoms with Crippen LogP contribution in [0, 0.1) is 0 Å². The number of para-hydroxylation sites is 2. The Kier molecular flexibility index (Phi) is 7.49. The SMILES string of the molecule is O=C(O)c1cc(-c2ccc(Cl)cc2)c2cccc(O)c2n1.O=C(O)c1cc(-c2ccccc2)c2cccc(O)c2n1. The molecule has 0 fully saturated rings. The van der Waals surface area contributed by atoms with Crippen molar-refractivity contribution in [2.75, 3.05) is 0 Å². The number of phenols is 2. The van der Waals surface area contributed by atoms with Gasteiger partial charge in [0.1, 0.15) is 33.9 Å². The molecule has 0 saturated carbocycles. The number of hydrogen-bond acceptors (Lipinski definition) is 6. The first-order chi connectivity index (χ1) is 19.7. The van der Waals surface area contributed by atoms with Gasteiger partial charge >= 0.3 is 11.9 Å². The van der Waals surface area contributed by atoms with Crippen LogP contribution in [0.4, 0.5) is 0 Å². The van der Waals surface area contributed by atoms with Crippen molar-refractivity contribution < 1.29 is 30.0 Å². The van der Waals surface area contributed by atoms with Crippen LogP contribution in [0.2, 0.25) is 5.02 Å². The third kappa shape index (κ3) is 5.63. The summed E-state index contributed by atoms with van der Waals surface area (Å²) in [7, 11) is 0. The van der Waals surface area contributed by atoms with Crippen LogP contribution in [0.1, 0.15) is 21.0 Å². The molecule has 6 aromatic rings. The summed E-state index contributed by atoms with van der Waals surface area (Å²) in [4.78, 5) is 30.4. The van der Waals surface area contributed by atoms with E-state index in [0.29, 0.717) is 21.5 Å². The fourth-order valence-electron chi connectivity index (χ4n) is 4.41. The maximum Gasteiger partial charge on any atom is 0.354 e. The summed E-state index contributed by atoms with van der Waals surface area (Å²) in [5.74, 6) is -2.34. The van der Waals surface area contributed by atoms with Gasteiger partial charge in [-0.3, -0.25) is 0 Å². The molecule has 9 heteroatoms. The number of halogens is 1. The Hall–Kier alpha value is -5.47. The highest BCUT2D eigenvalue weighted by Crippen LogP contribution is 2.34. The van der Waals surface area contributed by atoms with Crippen molar-refractivity contribution in [2.24, 2.45) is 0 Å². The van der Waals surface area contributed by atoms with Crippen molar-refractivity contribution >= 4 is 45.3 Å². The molecule has 0 aliphatic rings. The molecule has 0 aliphatic carbocycles. The van der Waals surface area contributed by atoms with E-state index < -0.39 is 11.9 Å². The quantitative estimate of drug-likeness (QED) is 0.175. The summed E-state index contributed by atoms with van der Waals surface area (Å²) in [5, 5.41) is 40.2. The standard InChI is InChI=1S/C16H10ClNO3.C16H11NO3/c17-10-6-4-9(5-7-10)12-8-13(16(20)21)18-15-11(12)2-1-3-14(15)19;18-14-8-4-7-11-12(10-5-2-1-3-6-10)9-13(16(19)20)17-15(11)14/h1-8,19H,(H,20,21);1-9,18H,(H,19,20). The van der Waals surface area contributed by atoms with E-state index in [1.807, 2.05) is 36.4 Å². The van der Waals surface area contributed by atoms with Crippen LogP contribution < -0.4 is 0 Å². The van der Waals surface area contributed by atoms with E-state index in [0.717, 1.165) is 22.1 Å². The molecule has 0 atom stereocenters. The highest BCUT2D eigenvalue weighted by atomic mass is 35.5. The van der Waals surface area contributed by atoms with Crippen LogP contribution in [0.5, 0.6) is 11.5 Å². The average molecular weight is 565 g/mol. The van der Waals surface area contributed by atoms with Gasteiger partial charge in [0, 0.05) is 15.8 Å². The van der Waals surface area contributed by atoms with Crippen LogP contribution in [0.25, 0.3) is 44.1 Å². The minimum atomic E-state index is -1.14. The number of rotatable bonds is 4. The highest BCUT2D eigenvalue weighted by Gasteiger charge is 2.15. The lowest BCUT2D eigenvalue weighted by atomic mass is 10.00. The number of carbonyl (C=O) groups is 2. The molecule has 8 nitrogen and oxygen atoms in total. The van der Waals surface area contributed by atoms with Gasteiger partial charge in [0.2, 0.25) is 0 Å². The van der Waals surface area contributed by atoms with Crippen molar-refractivity contribution in [1.29, 1.82) is 0 Å². The van der Waals surface area contributed by atoms with Crippen molar-refractivity contribution in [3.8, 4) is 33.8 Å². The van der Waals surface area contributed by atoms with Gasteiger partial charge in [-0.25, -0.2) is 19.6 Å². The van der Waals surface area contributed by atoms with Gasteiger partial charge in [0.15, 0.2) is 0 Å². The van der Waals surface area contributed by atoms with Gasteiger partial charge in [-0.1, -0.05) is 78.3 Å². The first-order valence-electron chi connectivity index (χ1n) is 12.3. The lowest BCUT2D eigenvalue weighted by Crippen LogP contribution is -2.01. The Bertz CT molecular complexity index is 1930. The summed E-state index contributed by atoms with van der Waals surface area (Å²) < 4.78 is 0. The van der Waals surface area contributed by atoms with Gasteiger partial charge in [0.05, 0.1) is 0 Å². The number of aromatic hydroxyl groups is 2. The van der Waals surface area contributed by atoms with Crippen molar-refractivity contribution in [3.63, 3.8) is 0 Å². The second-order valence-electron chi connectivity index (χ2n) is 8.94. The van der Waals surface area contributed by atoms with Crippen molar-refractivity contribution in [3.05, 3.63) is 120 Å². The Balaban J connectivity index is 0.000000165. The van der Waals surface area contributed by atoms with Crippen molar-refractivity contribution in [1.82, 2.24) is 9.97 Å². The van der Waals surface area contributed by atoms with Gasteiger partial charge in [-0.2, -0.15) is 0 Å². The average Bonchev–Trinajstić information content (AvgIpc) is 2.98. The van der Waals surface area contributed by atoms with Crippen LogP contribution in [0.3, 0.4) is 0 Å². The predicted octanol–water partition coefficient (Wildman–Crippen LogP) is 7.26. The van der Waals surface area contributed by atoms with Crippen molar-refractivity contribution in [2.45, 2.75) is 0 Å². The first-order valence-corrected chi connectivity index (χ1v) is 12.6. The number of aromatic nitrogens is 2. The second kappa shape index (κ2) is 11.3. The van der Waals surface area contributed by atoms with E-state index in [4.69, 9.17) is 16.7 Å². The molecule has 4 aromatic carbocycles. The summed E-state index contributed by atoms with van der Waals surface area (Å²) in [6.45, 7) is 0. The Morgan fingerprint density at radius 3 is 1.44 bits per heavy atom. The van der Waals surface area contributed by atoms with E-state index >= 15 is 0 Å². The molecule has 0 radical (unpaired) electrons. The van der Waals surface area contributed by atoms with E-state index in [1.54, 1.807) is 42.5 Å². The highest BCUT2D eigenvalue weighted by molar-refractivity contribution is 6.30. The molecule has 0 saturated heterocycles. The predicted molar refractivity (Wildman–Crippen MR) is 157 cm³/mol. The van der Waals surface area contributed by atoms with Crippen LogP contribution >= 0.6 is 11.6 Å². The van der Waals surface area contributed by atoms with E-state index in [2.05, 4.69) is 9.97 Å². The molecule has 0 unspecified atom stereocenters. The molecule has 0 bridgehead atoms. The maximum atomic E-state index is 11.2. The summed E-state index contributed by atoms with van der Waals surface area (Å²) in [6.07, 6.45) is 0. The van der Waals surface area contributed by atoms with Gasteiger partial charge < -0.3 is 20.4 Å². The van der Waals surface area contributed by atoms with Crippen LogP contribution in [-0.2, 0) is 0 Å². The number of carboxylic acid groups (broad SMARTS) is 2. The minimum absolute atomic E-state index is 0.0252. The summed E-state index contributed by atoms with van der Waals surface area (Å²) in [5.41, 5.74) is 3.47. The molecular weight excluding hydrogens is 544 g/mol. The lowest BCUT2D eigenvalue weighted by molar-refractivity contribution is 0.0680. The third-order valence-electron chi connectivity index (χ3n) is 6.31. The Morgan fingerprint density at radius 2 is 1.00 bits per heavy atom. The molecule has 41 heavy (non-hydrogen) atoms. The first kappa shape index (κ1) is 27.1. The molecule has 2 aromatic heterocycles. The monoisotopic (exact) mass is 564 g/mol. The number of aromatic carboxylic acids is 2. The van der Waals surface area contributed by atoms with E-state index in [9.17, 15) is 24.9 Å². The normalized spacial score (nSPS) is 10.7. The van der Waals surface area contributed by atoms with Gasteiger partial charge in [-0.05, 0) is 58.7 Å². The largest absolute Gasteiger partial charge is 0.506 e. The maximum absolute atomic E-state index is 11.2. The Morgan fingerprint density at radius 1 is 0.561 bits per heavy atom. The zero-order chi connectivity index (χ0) is 29.1. The number of benzene rings is 4. The minimum Gasteiger partial charge on any atom is -0.506 e. The molecule has 0 amide bonds. The summed E-state index contributed by atoms with van der Waals surface area (Å²) >= 11 is 5.88. The molecule has 6 rings (SSSR count). The molecule has 4 N–H and O–H groups in total. The molecule has 0 spiro atoms. The molecule has 0 aliphatic heterocycles. The zero-order valence-corrected chi connectivity index (χ0v) is 21.9. The number of fused-ring (bicyclic) bond motifs is 2. The molecule has 2 heterocycles. The lowest BCUT2D eigenvalue weighted by Gasteiger charge is -2.09. The number of phenolic OH excluding ortho intramolecular Hbond substituents is 2. The number of hydrogen-bond donors (Lipinski definition) is 4. The van der Waals surface area contributed by atoms with Crippen LogP contribution in [0.15, 0.2) is 103 Å². The topological polar surface area (TPSA) is 141 Å². The third-order valence-corrected chi connectivity index (χ3v) is 6.57.